The summed E-state index contributed by atoms with van der Waals surface area (Å²) < 4.78 is 11.5. The molecule has 9 heteroatoms. The Kier molecular flexibility index (Phi) is 7.80. The monoisotopic (exact) mass is 501 g/mol. The molecule has 3 aromatic rings. The van der Waals surface area contributed by atoms with Crippen LogP contribution in [0.3, 0.4) is 0 Å². The van der Waals surface area contributed by atoms with Crippen LogP contribution in [0.4, 0.5) is 5.69 Å². The molecule has 2 amide bonds. The molecule has 0 aliphatic carbocycles. The molecular weight excluding hydrogens is 482 g/mol. The quantitative estimate of drug-likeness (QED) is 0.412. The van der Waals surface area contributed by atoms with Gasteiger partial charge in [0.25, 0.3) is 11.8 Å². The van der Waals surface area contributed by atoms with Gasteiger partial charge in [-0.25, -0.2) is 0 Å². The third kappa shape index (κ3) is 6.16. The second-order valence-corrected chi connectivity index (χ2v) is 7.61. The van der Waals surface area contributed by atoms with Crippen LogP contribution in [0.5, 0.6) is 5.75 Å². The first kappa shape index (κ1) is 22.5. The third-order valence-corrected chi connectivity index (χ3v) is 4.83. The van der Waals surface area contributed by atoms with Crippen molar-refractivity contribution < 1.29 is 18.7 Å². The predicted octanol–water partition coefficient (Wildman–Crippen LogP) is 4.50. The summed E-state index contributed by atoms with van der Waals surface area (Å²) in [7, 11) is 0. The van der Waals surface area contributed by atoms with Gasteiger partial charge in [0.05, 0.1) is 36.2 Å². The smallest absolute Gasteiger partial charge is 0.261 e. The molecule has 3 rings (SSSR count). The largest absolute Gasteiger partial charge is 0.493 e. The van der Waals surface area contributed by atoms with E-state index in [0.717, 1.165) is 4.47 Å². The fourth-order valence-electron chi connectivity index (χ4n) is 2.75. The lowest BCUT2D eigenvalue weighted by atomic mass is 10.1. The van der Waals surface area contributed by atoms with Crippen LogP contribution < -0.4 is 20.7 Å². The van der Waals surface area contributed by atoms with E-state index in [-0.39, 0.29) is 17.6 Å². The molecular formula is C22H20BrN3O4S. The van der Waals surface area contributed by atoms with Crippen molar-refractivity contribution in [2.75, 3.05) is 11.9 Å². The van der Waals surface area contributed by atoms with Crippen LogP contribution in [0.15, 0.2) is 69.8 Å². The molecule has 0 unspecified atom stereocenters. The van der Waals surface area contributed by atoms with Gasteiger partial charge in [0.1, 0.15) is 11.5 Å². The molecule has 0 spiro atoms. The van der Waals surface area contributed by atoms with Crippen molar-refractivity contribution in [3.05, 3.63) is 82.2 Å². The molecule has 0 fully saturated rings. The molecule has 0 bridgehead atoms. The Bertz CT molecular complexity index is 1090. The molecule has 0 aliphatic rings. The zero-order valence-electron chi connectivity index (χ0n) is 16.6. The molecule has 3 N–H and O–H groups in total. The molecule has 31 heavy (non-hydrogen) atoms. The van der Waals surface area contributed by atoms with Gasteiger partial charge >= 0.3 is 0 Å². The van der Waals surface area contributed by atoms with Gasteiger partial charge in [-0.2, -0.15) is 0 Å². The molecule has 1 aromatic heterocycles. The number of anilines is 1. The van der Waals surface area contributed by atoms with Crippen molar-refractivity contribution in [2.24, 2.45) is 0 Å². The van der Waals surface area contributed by atoms with Gasteiger partial charge in [-0.3, -0.25) is 14.9 Å². The SMILES string of the molecule is CCOc1ccc(Br)cc1C(=O)NC(=S)Nc1ccccc1C(=O)NCc1ccco1. The maximum atomic E-state index is 12.7. The lowest BCUT2D eigenvalue weighted by Gasteiger charge is -2.15. The van der Waals surface area contributed by atoms with E-state index < -0.39 is 5.91 Å². The van der Waals surface area contributed by atoms with Gasteiger partial charge in [-0.05, 0) is 61.6 Å². The molecule has 1 heterocycles. The number of benzene rings is 2. The molecule has 0 atom stereocenters. The highest BCUT2D eigenvalue weighted by Gasteiger charge is 2.17. The summed E-state index contributed by atoms with van der Waals surface area (Å²) in [5, 5.41) is 8.38. The van der Waals surface area contributed by atoms with Gasteiger partial charge in [0.15, 0.2) is 5.11 Å². The Hall–Kier alpha value is -3.17. The number of nitrogens with one attached hydrogen (secondary N) is 3. The Morgan fingerprint density at radius 2 is 1.87 bits per heavy atom. The van der Waals surface area contributed by atoms with E-state index in [2.05, 4.69) is 31.9 Å². The van der Waals surface area contributed by atoms with Gasteiger partial charge < -0.3 is 19.8 Å². The van der Waals surface area contributed by atoms with Crippen molar-refractivity contribution in [3.63, 3.8) is 0 Å². The fraction of sp³-hybridized carbons (Fsp3) is 0.136. The number of hydrogen-bond donors (Lipinski definition) is 3. The zero-order chi connectivity index (χ0) is 22.2. The van der Waals surface area contributed by atoms with E-state index in [1.165, 1.54) is 0 Å². The number of para-hydroxylation sites is 1. The van der Waals surface area contributed by atoms with E-state index >= 15 is 0 Å². The minimum Gasteiger partial charge on any atom is -0.493 e. The van der Waals surface area contributed by atoms with Crippen LogP contribution in [0.25, 0.3) is 0 Å². The summed E-state index contributed by atoms with van der Waals surface area (Å²) in [5.74, 6) is 0.352. The van der Waals surface area contributed by atoms with Crippen LogP contribution >= 0.6 is 28.1 Å². The molecule has 0 radical (unpaired) electrons. The highest BCUT2D eigenvalue weighted by molar-refractivity contribution is 9.10. The standard InChI is InChI=1S/C22H20BrN3O4S/c1-2-29-19-10-9-14(23)12-17(19)21(28)26-22(31)25-18-8-4-3-7-16(18)20(27)24-13-15-6-5-11-30-15/h3-12H,2,13H2,1H3,(H,24,27)(H2,25,26,28,31). The average Bonchev–Trinajstić information content (AvgIpc) is 3.27. The van der Waals surface area contributed by atoms with Crippen molar-refractivity contribution in [3.8, 4) is 5.75 Å². The van der Waals surface area contributed by atoms with Crippen LogP contribution in [0, 0.1) is 0 Å². The fourth-order valence-corrected chi connectivity index (χ4v) is 3.31. The second kappa shape index (κ2) is 10.7. The van der Waals surface area contributed by atoms with E-state index in [1.54, 1.807) is 60.9 Å². The van der Waals surface area contributed by atoms with Gasteiger partial charge in [-0.15, -0.1) is 0 Å². The highest BCUT2D eigenvalue weighted by atomic mass is 79.9. The summed E-state index contributed by atoms with van der Waals surface area (Å²) in [6.45, 7) is 2.51. The first-order valence-corrected chi connectivity index (χ1v) is 10.6. The number of carbonyl (C=O) groups is 2. The molecule has 0 saturated carbocycles. The summed E-state index contributed by atoms with van der Waals surface area (Å²) in [5.41, 5.74) is 1.18. The Labute approximate surface area is 193 Å². The minimum absolute atomic E-state index is 0.0544. The van der Waals surface area contributed by atoms with Crippen LogP contribution in [0.2, 0.25) is 0 Å². The number of furan rings is 1. The molecule has 0 saturated heterocycles. The number of thiocarbonyl (C=S) groups is 1. The third-order valence-electron chi connectivity index (χ3n) is 4.14. The van der Waals surface area contributed by atoms with Gasteiger partial charge in [-0.1, -0.05) is 28.1 Å². The average molecular weight is 502 g/mol. The number of carbonyl (C=O) groups excluding carboxylic acids is 2. The highest BCUT2D eigenvalue weighted by Crippen LogP contribution is 2.23. The Morgan fingerprint density at radius 3 is 2.61 bits per heavy atom. The number of amides is 2. The molecule has 0 aliphatic heterocycles. The van der Waals surface area contributed by atoms with Crippen molar-refractivity contribution >= 4 is 50.8 Å². The zero-order valence-corrected chi connectivity index (χ0v) is 19.0. The van der Waals surface area contributed by atoms with Crippen molar-refractivity contribution in [2.45, 2.75) is 13.5 Å². The van der Waals surface area contributed by atoms with E-state index in [0.29, 0.717) is 34.9 Å². The number of rotatable bonds is 7. The van der Waals surface area contributed by atoms with Crippen molar-refractivity contribution in [1.29, 1.82) is 0 Å². The summed E-state index contributed by atoms with van der Waals surface area (Å²) in [6, 6.07) is 15.5. The lowest BCUT2D eigenvalue weighted by Crippen LogP contribution is -2.35. The van der Waals surface area contributed by atoms with Crippen LogP contribution in [-0.4, -0.2) is 23.5 Å². The minimum atomic E-state index is -0.429. The second-order valence-electron chi connectivity index (χ2n) is 6.29. The first-order chi connectivity index (χ1) is 15.0. The topological polar surface area (TPSA) is 92.6 Å². The van der Waals surface area contributed by atoms with E-state index in [9.17, 15) is 9.59 Å². The molecule has 160 valence electrons. The van der Waals surface area contributed by atoms with E-state index in [4.69, 9.17) is 21.4 Å². The maximum Gasteiger partial charge on any atom is 0.261 e. The number of hydrogen-bond acceptors (Lipinski definition) is 5. The van der Waals surface area contributed by atoms with Crippen LogP contribution in [0.1, 0.15) is 33.4 Å². The molecule has 7 nitrogen and oxygen atoms in total. The lowest BCUT2D eigenvalue weighted by molar-refractivity contribution is 0.0947. The number of ether oxygens (including phenoxy) is 1. The Balaban J connectivity index is 1.68. The summed E-state index contributed by atoms with van der Waals surface area (Å²) in [6.07, 6.45) is 1.54. The van der Waals surface area contributed by atoms with Crippen molar-refractivity contribution in [1.82, 2.24) is 10.6 Å². The Morgan fingerprint density at radius 1 is 1.06 bits per heavy atom. The summed E-state index contributed by atoms with van der Waals surface area (Å²) in [4.78, 5) is 25.3. The predicted molar refractivity (Wildman–Crippen MR) is 125 cm³/mol. The van der Waals surface area contributed by atoms with Gasteiger partial charge in [0, 0.05) is 4.47 Å². The van der Waals surface area contributed by atoms with Crippen LogP contribution in [-0.2, 0) is 6.54 Å². The summed E-state index contributed by atoms with van der Waals surface area (Å²) >= 11 is 8.64. The normalized spacial score (nSPS) is 10.3. The molecule has 2 aromatic carbocycles. The first-order valence-electron chi connectivity index (χ1n) is 9.42. The van der Waals surface area contributed by atoms with Gasteiger partial charge in [0.2, 0.25) is 0 Å². The van der Waals surface area contributed by atoms with E-state index in [1.807, 2.05) is 6.92 Å². The maximum absolute atomic E-state index is 12.7. The number of halogens is 1.